The van der Waals surface area contributed by atoms with Gasteiger partial charge in [-0.25, -0.2) is 23.5 Å². The molecule has 242 valence electrons. The number of aromatic nitrogens is 4. The summed E-state index contributed by atoms with van der Waals surface area (Å²) in [6.07, 6.45) is -0.664. The van der Waals surface area contributed by atoms with Crippen molar-refractivity contribution in [1.82, 2.24) is 24.4 Å². The summed E-state index contributed by atoms with van der Waals surface area (Å²) in [6.45, 7) is 0.638. The van der Waals surface area contributed by atoms with Crippen LogP contribution >= 0.6 is 0 Å². The van der Waals surface area contributed by atoms with Gasteiger partial charge in [0.25, 0.3) is 11.5 Å². The Morgan fingerprint density at radius 3 is 2.59 bits per heavy atom. The van der Waals surface area contributed by atoms with E-state index in [1.807, 2.05) is 0 Å². The number of fused-ring (bicyclic) bond motifs is 1. The summed E-state index contributed by atoms with van der Waals surface area (Å²) in [4.78, 5) is 61.0. The van der Waals surface area contributed by atoms with Crippen LogP contribution in [-0.4, -0.2) is 76.1 Å². The molecule has 0 unspecified atom stereocenters. The van der Waals surface area contributed by atoms with Crippen molar-refractivity contribution < 1.29 is 36.6 Å². The molecule has 46 heavy (non-hydrogen) atoms. The fourth-order valence-electron chi connectivity index (χ4n) is 5.33. The number of anilines is 1. The molecule has 0 saturated carbocycles. The van der Waals surface area contributed by atoms with Crippen LogP contribution in [0.15, 0.2) is 58.5 Å². The molecule has 12 nitrogen and oxygen atoms in total. The molecule has 4 aromatic rings. The summed E-state index contributed by atoms with van der Waals surface area (Å²) in [7, 11) is 2.58. The van der Waals surface area contributed by atoms with Crippen LogP contribution in [0.5, 0.6) is 0 Å². The third-order valence-corrected chi connectivity index (χ3v) is 7.68. The van der Waals surface area contributed by atoms with E-state index in [9.17, 15) is 32.3 Å². The van der Waals surface area contributed by atoms with Crippen LogP contribution in [0, 0.1) is 12.7 Å². The van der Waals surface area contributed by atoms with Gasteiger partial charge in [-0.15, -0.1) is 0 Å². The van der Waals surface area contributed by atoms with Crippen molar-refractivity contribution in [1.29, 1.82) is 0 Å². The number of pyridine rings is 2. The lowest BCUT2D eigenvalue weighted by Gasteiger charge is -2.38. The Balaban J connectivity index is 1.38. The molecule has 0 bridgehead atoms. The average Bonchev–Trinajstić information content (AvgIpc) is 3.03. The lowest BCUT2D eigenvalue weighted by Crippen LogP contribution is -2.53. The molecule has 1 amide bonds. The summed E-state index contributed by atoms with van der Waals surface area (Å²) in [5, 5.41) is 2.68. The van der Waals surface area contributed by atoms with Crippen LogP contribution in [0.2, 0.25) is 0 Å². The number of benzene rings is 1. The Hall–Kier alpha value is -5.12. The number of aryl methyl sites for hydroxylation is 2. The fourth-order valence-corrected chi connectivity index (χ4v) is 5.33. The first kappa shape index (κ1) is 32.3. The smallest absolute Gasteiger partial charge is 0.411 e. The Bertz CT molecular complexity index is 1900. The molecule has 16 heteroatoms. The highest BCUT2D eigenvalue weighted by atomic mass is 19.4. The van der Waals surface area contributed by atoms with Crippen LogP contribution in [0.1, 0.15) is 21.5 Å². The average molecular weight is 645 g/mol. The zero-order valence-corrected chi connectivity index (χ0v) is 24.8. The van der Waals surface area contributed by atoms with E-state index in [1.54, 1.807) is 0 Å². The number of carbonyl (C=O) groups excluding carboxylic acids is 2. The quantitative estimate of drug-likeness (QED) is 0.237. The first-order valence-electron chi connectivity index (χ1n) is 13.9. The zero-order chi connectivity index (χ0) is 33.3. The van der Waals surface area contributed by atoms with E-state index >= 15 is 4.39 Å². The van der Waals surface area contributed by atoms with Gasteiger partial charge in [-0.2, -0.15) is 13.2 Å². The molecule has 0 radical (unpaired) electrons. The Kier molecular flexibility index (Phi) is 8.92. The number of morpholine rings is 1. The summed E-state index contributed by atoms with van der Waals surface area (Å²) in [6, 6.07) is 3.18. The van der Waals surface area contributed by atoms with Gasteiger partial charge >= 0.3 is 17.8 Å². The van der Waals surface area contributed by atoms with Gasteiger partial charge in [0.1, 0.15) is 23.7 Å². The topological polar surface area (TPSA) is 138 Å². The second-order valence-corrected chi connectivity index (χ2v) is 10.6. The molecule has 0 spiro atoms. The van der Waals surface area contributed by atoms with Gasteiger partial charge in [-0.3, -0.25) is 19.1 Å². The van der Waals surface area contributed by atoms with Gasteiger partial charge in [0, 0.05) is 38.1 Å². The molecule has 4 heterocycles. The molecule has 1 aliphatic rings. The van der Waals surface area contributed by atoms with Gasteiger partial charge < -0.3 is 19.7 Å². The highest BCUT2D eigenvalue weighted by Gasteiger charge is 2.45. The second-order valence-electron chi connectivity index (χ2n) is 10.6. The van der Waals surface area contributed by atoms with E-state index in [4.69, 9.17) is 9.47 Å². The predicted octanol–water partition coefficient (Wildman–Crippen LogP) is 2.21. The lowest BCUT2D eigenvalue weighted by atomic mass is 10.0. The number of esters is 1. The zero-order valence-electron chi connectivity index (χ0n) is 24.8. The van der Waals surface area contributed by atoms with Gasteiger partial charge in [0.15, 0.2) is 0 Å². The molecule has 2 atom stereocenters. The van der Waals surface area contributed by atoms with E-state index in [2.05, 4.69) is 15.3 Å². The van der Waals surface area contributed by atoms with E-state index in [-0.39, 0.29) is 42.0 Å². The highest BCUT2D eigenvalue weighted by Crippen LogP contribution is 2.33. The number of amides is 1. The summed E-state index contributed by atoms with van der Waals surface area (Å²) < 4.78 is 68.0. The minimum absolute atomic E-state index is 0.0116. The first-order valence-corrected chi connectivity index (χ1v) is 13.9. The third-order valence-electron chi connectivity index (χ3n) is 7.68. The standard InChI is InChI=1S/C30H28F4N6O6/c1-16-10-18(39-8-9-46-15-23(39)30(32,33)34)12-20(31)25(16)26(41)37-21(28(43)45-3)11-17-4-5-24(36-13-17)40-27(42)19-6-7-35-14-22(19)38(2)29(40)44/h4-7,10,12-14,21,23H,8-9,11,15H2,1-3H3,(H,37,41)/t21-,23+/m0/s1. The molecular formula is C30H28F4N6O6. The normalized spacial score (nSPS) is 15.9. The van der Waals surface area contributed by atoms with Gasteiger partial charge in [-0.1, -0.05) is 6.07 Å². The van der Waals surface area contributed by atoms with Crippen molar-refractivity contribution in [3.8, 4) is 5.82 Å². The molecule has 1 aliphatic heterocycles. The first-order chi connectivity index (χ1) is 21.8. The Labute approximate surface area is 258 Å². The number of alkyl halides is 3. The Morgan fingerprint density at radius 1 is 1.17 bits per heavy atom. The molecule has 1 N–H and O–H groups in total. The van der Waals surface area contributed by atoms with Crippen molar-refractivity contribution in [3.63, 3.8) is 0 Å². The summed E-state index contributed by atoms with van der Waals surface area (Å²) in [5.74, 6) is -2.91. The number of rotatable bonds is 7. The number of methoxy groups -OCH3 is 1. The van der Waals surface area contributed by atoms with Gasteiger partial charge in [-0.05, 0) is 42.3 Å². The SMILES string of the molecule is COC(=O)[C@H](Cc1ccc(-n2c(=O)c3ccncc3n(C)c2=O)nc1)NC(=O)c1c(C)cc(N2CCOC[C@@H]2C(F)(F)F)cc1F. The van der Waals surface area contributed by atoms with E-state index in [0.29, 0.717) is 11.1 Å². The molecule has 1 aromatic carbocycles. The maximum absolute atomic E-state index is 15.3. The number of carbonyl (C=O) groups is 2. The van der Waals surface area contributed by atoms with Crippen LogP contribution in [0.4, 0.5) is 23.2 Å². The third kappa shape index (κ3) is 6.20. The number of halogens is 4. The molecule has 0 aliphatic carbocycles. The van der Waals surface area contributed by atoms with Crippen molar-refractivity contribution in [2.45, 2.75) is 31.6 Å². The Morgan fingerprint density at radius 2 is 1.93 bits per heavy atom. The fraction of sp³-hybridized carbons (Fsp3) is 0.333. The lowest BCUT2D eigenvalue weighted by molar-refractivity contribution is -0.167. The minimum Gasteiger partial charge on any atom is -0.467 e. The molecule has 1 fully saturated rings. The van der Waals surface area contributed by atoms with Crippen molar-refractivity contribution in [2.75, 3.05) is 31.8 Å². The number of hydrogen-bond donors (Lipinski definition) is 1. The largest absolute Gasteiger partial charge is 0.467 e. The molecule has 1 saturated heterocycles. The molecular weight excluding hydrogens is 616 g/mol. The number of ether oxygens (including phenoxy) is 2. The summed E-state index contributed by atoms with van der Waals surface area (Å²) in [5.41, 5.74) is -0.993. The highest BCUT2D eigenvalue weighted by molar-refractivity contribution is 5.98. The maximum atomic E-state index is 15.3. The molecule has 5 rings (SSSR count). The van der Waals surface area contributed by atoms with Crippen molar-refractivity contribution in [2.24, 2.45) is 7.05 Å². The van der Waals surface area contributed by atoms with Gasteiger partial charge in [0.2, 0.25) is 0 Å². The minimum atomic E-state index is -4.63. The molecule has 3 aromatic heterocycles. The number of hydrogen-bond acceptors (Lipinski definition) is 9. The summed E-state index contributed by atoms with van der Waals surface area (Å²) >= 11 is 0. The van der Waals surface area contributed by atoms with Gasteiger partial charge in [0.05, 0.1) is 43.0 Å². The number of nitrogens with one attached hydrogen (secondary N) is 1. The van der Waals surface area contributed by atoms with Crippen LogP contribution in [0.25, 0.3) is 16.7 Å². The van der Waals surface area contributed by atoms with E-state index in [0.717, 1.165) is 22.6 Å². The van der Waals surface area contributed by atoms with E-state index < -0.39 is 59.4 Å². The number of nitrogens with zero attached hydrogens (tertiary/aromatic N) is 5. The van der Waals surface area contributed by atoms with Crippen LogP contribution in [0.3, 0.4) is 0 Å². The second kappa shape index (κ2) is 12.7. The van der Waals surface area contributed by atoms with Crippen molar-refractivity contribution >= 4 is 28.5 Å². The van der Waals surface area contributed by atoms with Crippen LogP contribution < -0.4 is 21.5 Å². The predicted molar refractivity (Wildman–Crippen MR) is 156 cm³/mol. The van der Waals surface area contributed by atoms with Crippen molar-refractivity contribution in [3.05, 3.63) is 92.3 Å². The maximum Gasteiger partial charge on any atom is 0.411 e. The van der Waals surface area contributed by atoms with E-state index in [1.165, 1.54) is 61.4 Å². The monoisotopic (exact) mass is 644 g/mol. The van der Waals surface area contributed by atoms with Crippen LogP contribution in [-0.2, 0) is 27.7 Å².